The molecule has 19 heavy (non-hydrogen) atoms. The number of carbonyl (C=O) groups is 1. The second-order valence-corrected chi connectivity index (χ2v) is 7.13. The van der Waals surface area contributed by atoms with Gasteiger partial charge in [0, 0.05) is 49.6 Å². The molecule has 5 heteroatoms. The summed E-state index contributed by atoms with van der Waals surface area (Å²) in [6.45, 7) is 6.25. The molecule has 4 aliphatic rings. The first-order chi connectivity index (χ1) is 9.23. The van der Waals surface area contributed by atoms with Gasteiger partial charge in [0.05, 0.1) is 5.92 Å². The van der Waals surface area contributed by atoms with Crippen molar-refractivity contribution in [1.82, 2.24) is 21.3 Å². The minimum Gasteiger partial charge on any atom is -0.355 e. The molecule has 5 nitrogen and oxygen atoms in total. The third-order valence-corrected chi connectivity index (χ3v) is 5.86. The van der Waals surface area contributed by atoms with Gasteiger partial charge in [0.25, 0.3) is 0 Å². The number of hydrogen-bond acceptors (Lipinski definition) is 4. The van der Waals surface area contributed by atoms with Crippen molar-refractivity contribution in [1.29, 1.82) is 0 Å². The number of rotatable bonds is 1. The fraction of sp³-hybridized carbons (Fsp3) is 0.929. The Bertz CT molecular complexity index is 389. The van der Waals surface area contributed by atoms with E-state index >= 15 is 0 Å². The highest BCUT2D eigenvalue weighted by atomic mass is 16.2. The molecule has 2 unspecified atom stereocenters. The van der Waals surface area contributed by atoms with Gasteiger partial charge in [0.15, 0.2) is 0 Å². The molecule has 0 bridgehead atoms. The van der Waals surface area contributed by atoms with Gasteiger partial charge in [-0.25, -0.2) is 0 Å². The van der Waals surface area contributed by atoms with Crippen LogP contribution in [0.3, 0.4) is 0 Å². The normalized spacial score (nSPS) is 39.5. The van der Waals surface area contributed by atoms with Gasteiger partial charge in [-0.2, -0.15) is 0 Å². The average molecular weight is 264 g/mol. The molecule has 4 saturated heterocycles. The smallest absolute Gasteiger partial charge is 0.224 e. The molecular formula is C14H24N4O. The van der Waals surface area contributed by atoms with Crippen molar-refractivity contribution in [2.75, 3.05) is 39.3 Å². The lowest BCUT2D eigenvalue weighted by Crippen LogP contribution is -2.72. The second kappa shape index (κ2) is 4.17. The Morgan fingerprint density at radius 2 is 1.84 bits per heavy atom. The van der Waals surface area contributed by atoms with Gasteiger partial charge in [-0.15, -0.1) is 0 Å². The van der Waals surface area contributed by atoms with E-state index < -0.39 is 0 Å². The van der Waals surface area contributed by atoms with Crippen molar-refractivity contribution in [3.63, 3.8) is 0 Å². The summed E-state index contributed by atoms with van der Waals surface area (Å²) >= 11 is 0. The van der Waals surface area contributed by atoms with Gasteiger partial charge >= 0.3 is 0 Å². The lowest BCUT2D eigenvalue weighted by atomic mass is 9.60. The first-order valence-electron chi connectivity index (χ1n) is 7.66. The van der Waals surface area contributed by atoms with Crippen LogP contribution >= 0.6 is 0 Å². The molecule has 0 aromatic heterocycles. The Morgan fingerprint density at radius 1 is 1.05 bits per heavy atom. The fourth-order valence-corrected chi connectivity index (χ4v) is 4.54. The highest BCUT2D eigenvalue weighted by Gasteiger charge is 2.54. The van der Waals surface area contributed by atoms with Gasteiger partial charge in [-0.1, -0.05) is 0 Å². The van der Waals surface area contributed by atoms with E-state index in [0.717, 1.165) is 45.7 Å². The Hall–Kier alpha value is -0.650. The molecular weight excluding hydrogens is 240 g/mol. The van der Waals surface area contributed by atoms with E-state index in [1.54, 1.807) is 0 Å². The molecule has 1 amide bonds. The van der Waals surface area contributed by atoms with Crippen LogP contribution in [0.2, 0.25) is 0 Å². The van der Waals surface area contributed by atoms with E-state index in [1.165, 1.54) is 12.8 Å². The summed E-state index contributed by atoms with van der Waals surface area (Å²) < 4.78 is 0. The van der Waals surface area contributed by atoms with Crippen molar-refractivity contribution in [3.05, 3.63) is 0 Å². The lowest BCUT2D eigenvalue weighted by Gasteiger charge is -2.57. The summed E-state index contributed by atoms with van der Waals surface area (Å²) in [4.78, 5) is 12.4. The molecule has 4 N–H and O–H groups in total. The molecule has 0 aromatic rings. The van der Waals surface area contributed by atoms with Crippen molar-refractivity contribution in [2.45, 2.75) is 25.3 Å². The zero-order chi connectivity index (χ0) is 12.9. The SMILES string of the molecule is O=C1NCC2(CNC2)CC1C1NCCCC12CNC2. The van der Waals surface area contributed by atoms with Gasteiger partial charge in [-0.3, -0.25) is 4.79 Å². The molecule has 0 aromatic carbocycles. The van der Waals surface area contributed by atoms with Crippen molar-refractivity contribution < 1.29 is 4.79 Å². The molecule has 4 rings (SSSR count). The van der Waals surface area contributed by atoms with Gasteiger partial charge in [0.1, 0.15) is 0 Å². The maximum atomic E-state index is 12.4. The number of piperidine rings is 2. The monoisotopic (exact) mass is 264 g/mol. The van der Waals surface area contributed by atoms with Crippen LogP contribution in [0.4, 0.5) is 0 Å². The zero-order valence-electron chi connectivity index (χ0n) is 11.4. The molecule has 106 valence electrons. The first-order valence-corrected chi connectivity index (χ1v) is 7.66. The molecule has 2 spiro atoms. The van der Waals surface area contributed by atoms with E-state index in [0.29, 0.717) is 16.9 Å². The topological polar surface area (TPSA) is 65.2 Å². The standard InChI is InChI=1S/C14H24N4O/c19-12-10(4-13(7-18-12)5-15-6-13)11-14(8-16-9-14)2-1-3-17-11/h10-11,15-17H,1-9H2,(H,18,19). The van der Waals surface area contributed by atoms with Crippen LogP contribution in [0.15, 0.2) is 0 Å². The predicted octanol–water partition coefficient (Wildman–Crippen LogP) is -0.946. The zero-order valence-corrected chi connectivity index (χ0v) is 11.4. The third-order valence-electron chi connectivity index (χ3n) is 5.86. The van der Waals surface area contributed by atoms with Crippen molar-refractivity contribution in [2.24, 2.45) is 16.7 Å². The maximum absolute atomic E-state index is 12.4. The molecule has 0 aliphatic carbocycles. The Morgan fingerprint density at radius 3 is 2.47 bits per heavy atom. The van der Waals surface area contributed by atoms with Gasteiger partial charge < -0.3 is 21.3 Å². The van der Waals surface area contributed by atoms with Crippen molar-refractivity contribution >= 4 is 5.91 Å². The number of amides is 1. The van der Waals surface area contributed by atoms with Crippen LogP contribution in [0.5, 0.6) is 0 Å². The molecule has 2 atom stereocenters. The highest BCUT2D eigenvalue weighted by Crippen LogP contribution is 2.43. The number of hydrogen-bond donors (Lipinski definition) is 4. The van der Waals surface area contributed by atoms with Crippen LogP contribution in [-0.4, -0.2) is 51.2 Å². The van der Waals surface area contributed by atoms with E-state index in [2.05, 4.69) is 21.3 Å². The van der Waals surface area contributed by atoms with Crippen molar-refractivity contribution in [3.8, 4) is 0 Å². The molecule has 0 saturated carbocycles. The summed E-state index contributed by atoms with van der Waals surface area (Å²) in [5, 5.41) is 13.6. The Balaban J connectivity index is 1.56. The maximum Gasteiger partial charge on any atom is 0.224 e. The second-order valence-electron chi connectivity index (χ2n) is 7.13. The van der Waals surface area contributed by atoms with Crippen LogP contribution < -0.4 is 21.3 Å². The number of carbonyl (C=O) groups excluding carboxylic acids is 1. The average Bonchev–Trinajstić information content (AvgIpc) is 2.36. The summed E-state index contributed by atoms with van der Waals surface area (Å²) in [6.07, 6.45) is 3.58. The van der Waals surface area contributed by atoms with E-state index in [-0.39, 0.29) is 11.8 Å². The van der Waals surface area contributed by atoms with Crippen LogP contribution in [0.1, 0.15) is 19.3 Å². The Labute approximate surface area is 114 Å². The largest absolute Gasteiger partial charge is 0.355 e. The molecule has 4 heterocycles. The lowest BCUT2D eigenvalue weighted by molar-refractivity contribution is -0.135. The highest BCUT2D eigenvalue weighted by molar-refractivity contribution is 5.80. The van der Waals surface area contributed by atoms with Crippen LogP contribution in [0.25, 0.3) is 0 Å². The summed E-state index contributed by atoms with van der Waals surface area (Å²) in [6, 6.07) is 0.375. The quantitative estimate of drug-likeness (QED) is 0.493. The van der Waals surface area contributed by atoms with Crippen LogP contribution in [-0.2, 0) is 4.79 Å². The first kappa shape index (κ1) is 12.1. The minimum absolute atomic E-state index is 0.165. The minimum atomic E-state index is 0.165. The summed E-state index contributed by atoms with van der Waals surface area (Å²) in [5.74, 6) is 0.446. The molecule has 0 radical (unpaired) electrons. The predicted molar refractivity (Wildman–Crippen MR) is 72.7 cm³/mol. The molecule has 4 fully saturated rings. The summed E-state index contributed by atoms with van der Waals surface area (Å²) in [7, 11) is 0. The van der Waals surface area contributed by atoms with Gasteiger partial charge in [-0.05, 0) is 25.8 Å². The van der Waals surface area contributed by atoms with E-state index in [4.69, 9.17) is 0 Å². The van der Waals surface area contributed by atoms with Crippen LogP contribution in [0, 0.1) is 16.7 Å². The summed E-state index contributed by atoms with van der Waals surface area (Å²) in [5.41, 5.74) is 0.687. The Kier molecular flexibility index (Phi) is 2.66. The van der Waals surface area contributed by atoms with Gasteiger partial charge in [0.2, 0.25) is 5.91 Å². The van der Waals surface area contributed by atoms with E-state index in [9.17, 15) is 4.79 Å². The van der Waals surface area contributed by atoms with E-state index in [1.807, 2.05) is 0 Å². The number of nitrogens with one attached hydrogen (secondary N) is 4. The third kappa shape index (κ3) is 1.75. The fourth-order valence-electron chi connectivity index (χ4n) is 4.54. The molecule has 4 aliphatic heterocycles.